The number of nitro groups is 2. The van der Waals surface area contributed by atoms with E-state index in [0.717, 1.165) is 23.1 Å². The molecule has 15 heteroatoms. The fraction of sp³-hybridized carbons (Fsp3) is 0. The van der Waals surface area contributed by atoms with Gasteiger partial charge >= 0.3 is 11.8 Å². The van der Waals surface area contributed by atoms with Crippen LogP contribution in [0.4, 0.5) is 16.9 Å². The molecule has 3 aromatic heterocycles. The summed E-state index contributed by atoms with van der Waals surface area (Å²) in [6.45, 7) is 0. The maximum absolute atomic E-state index is 12.0. The predicted octanol–water partition coefficient (Wildman–Crippen LogP) is 3.10. The van der Waals surface area contributed by atoms with Gasteiger partial charge in [-0.3, -0.25) is 25.0 Å². The number of furan rings is 2. The Morgan fingerprint density at radius 3 is 2.48 bits per heavy atom. The first-order chi connectivity index (χ1) is 13.9. The summed E-state index contributed by atoms with van der Waals surface area (Å²) in [4.78, 5) is 36.4. The van der Waals surface area contributed by atoms with Crippen LogP contribution in [-0.4, -0.2) is 31.1 Å². The second-order valence-electron chi connectivity index (χ2n) is 5.20. The number of carbonyl (C=O) groups excluding carboxylic acids is 1. The minimum atomic E-state index is -0.683. The Kier molecular flexibility index (Phi) is 4.65. The van der Waals surface area contributed by atoms with E-state index in [2.05, 4.69) is 20.5 Å². The zero-order chi connectivity index (χ0) is 20.5. The number of amides is 1. The van der Waals surface area contributed by atoms with Crippen molar-refractivity contribution in [3.05, 3.63) is 55.2 Å². The smallest absolute Gasteiger partial charge is 0.401 e. The van der Waals surface area contributed by atoms with Crippen molar-refractivity contribution in [3.63, 3.8) is 0 Å². The Balaban J connectivity index is 1.51. The molecular weight excluding hydrogens is 428 g/mol. The fourth-order valence-corrected chi connectivity index (χ4v) is 3.66. The molecule has 29 heavy (non-hydrogen) atoms. The highest BCUT2D eigenvalue weighted by molar-refractivity contribution is 8.18. The predicted molar refractivity (Wildman–Crippen MR) is 100 cm³/mol. The molecule has 13 nitrogen and oxygen atoms in total. The van der Waals surface area contributed by atoms with Crippen LogP contribution in [0, 0.1) is 20.2 Å². The van der Waals surface area contributed by atoms with E-state index in [-0.39, 0.29) is 31.7 Å². The highest BCUT2D eigenvalue weighted by Gasteiger charge is 2.25. The highest BCUT2D eigenvalue weighted by atomic mass is 32.2. The summed E-state index contributed by atoms with van der Waals surface area (Å²) in [6, 6.07) is 5.14. The maximum Gasteiger partial charge on any atom is 0.433 e. The van der Waals surface area contributed by atoms with E-state index in [9.17, 15) is 25.0 Å². The molecule has 3 aromatic rings. The number of nitrogens with one attached hydrogen (secondary N) is 1. The number of rotatable bonds is 5. The molecule has 0 bridgehead atoms. The summed E-state index contributed by atoms with van der Waals surface area (Å²) in [5.74, 6) is -1.00. The first-order valence-electron chi connectivity index (χ1n) is 7.51. The first kappa shape index (κ1) is 18.5. The summed E-state index contributed by atoms with van der Waals surface area (Å²) >= 11 is 1.99. The lowest BCUT2D eigenvalue weighted by atomic mass is 10.4. The Morgan fingerprint density at radius 2 is 1.79 bits per heavy atom. The average Bonchev–Trinajstić information content (AvgIpc) is 3.43. The molecular formula is C14H6N6O7S2. The monoisotopic (exact) mass is 434 g/mol. The third-order valence-corrected chi connectivity index (χ3v) is 5.05. The molecule has 1 N–H and O–H groups in total. The van der Waals surface area contributed by atoms with Crippen LogP contribution in [0.5, 0.6) is 0 Å². The number of amidine groups is 1. The molecule has 0 atom stereocenters. The molecule has 1 amide bonds. The van der Waals surface area contributed by atoms with E-state index < -0.39 is 27.5 Å². The zero-order valence-corrected chi connectivity index (χ0v) is 15.4. The third-order valence-electron chi connectivity index (χ3n) is 3.31. The number of thioether (sulfide) groups is 1. The summed E-state index contributed by atoms with van der Waals surface area (Å²) in [5.41, 5.74) is 0. The molecule has 0 aliphatic carbocycles. The quantitative estimate of drug-likeness (QED) is 0.356. The molecule has 146 valence electrons. The van der Waals surface area contributed by atoms with Gasteiger partial charge in [-0.05, 0) is 23.9 Å². The van der Waals surface area contributed by atoms with E-state index in [4.69, 9.17) is 8.83 Å². The SMILES string of the molecule is O=C1NC(=Nc2nnc(-c3ccc([N+](=O)[O-])o3)s2)SC1=Cc1ccc([N+](=O)[O-])o1. The molecule has 0 radical (unpaired) electrons. The number of aromatic nitrogens is 2. The normalized spacial score (nSPS) is 16.5. The van der Waals surface area contributed by atoms with Crippen LogP contribution in [0.25, 0.3) is 16.8 Å². The minimum Gasteiger partial charge on any atom is -0.401 e. The molecule has 1 aliphatic heterocycles. The number of aliphatic imine (C=N–C) groups is 1. The highest BCUT2D eigenvalue weighted by Crippen LogP contribution is 2.33. The van der Waals surface area contributed by atoms with Crippen molar-refractivity contribution < 1.29 is 23.5 Å². The van der Waals surface area contributed by atoms with Gasteiger partial charge in [-0.25, -0.2) is 0 Å². The summed E-state index contributed by atoms with van der Waals surface area (Å²) in [5, 5.41) is 32.2. The van der Waals surface area contributed by atoms with Gasteiger partial charge in [0.05, 0.1) is 17.0 Å². The van der Waals surface area contributed by atoms with E-state index in [0.29, 0.717) is 0 Å². The van der Waals surface area contributed by atoms with E-state index in [1.165, 1.54) is 30.3 Å². The number of hydrogen-bond acceptors (Lipinski definition) is 12. The van der Waals surface area contributed by atoms with Crippen molar-refractivity contribution in [3.8, 4) is 10.8 Å². The Morgan fingerprint density at radius 1 is 1.07 bits per heavy atom. The number of hydrogen-bond donors (Lipinski definition) is 1. The van der Waals surface area contributed by atoms with Crippen LogP contribution < -0.4 is 5.32 Å². The zero-order valence-electron chi connectivity index (χ0n) is 13.8. The van der Waals surface area contributed by atoms with E-state index in [1.54, 1.807) is 0 Å². The van der Waals surface area contributed by atoms with Gasteiger partial charge in [0.15, 0.2) is 15.9 Å². The molecule has 0 aromatic carbocycles. The topological polar surface area (TPSA) is 180 Å². The summed E-state index contributed by atoms with van der Waals surface area (Å²) in [6.07, 6.45) is 1.35. The van der Waals surface area contributed by atoms with E-state index in [1.807, 2.05) is 0 Å². The Labute approximate surface area is 167 Å². The van der Waals surface area contributed by atoms with Gasteiger partial charge in [0.2, 0.25) is 5.13 Å². The lowest BCUT2D eigenvalue weighted by Gasteiger charge is -1.89. The van der Waals surface area contributed by atoms with Crippen molar-refractivity contribution in [1.82, 2.24) is 15.5 Å². The number of carbonyl (C=O) groups is 1. The van der Waals surface area contributed by atoms with Crippen LogP contribution >= 0.6 is 23.1 Å². The first-order valence-corrected chi connectivity index (χ1v) is 9.14. The van der Waals surface area contributed by atoms with Gasteiger partial charge < -0.3 is 14.2 Å². The largest absolute Gasteiger partial charge is 0.433 e. The van der Waals surface area contributed by atoms with Gasteiger partial charge in [-0.2, -0.15) is 4.99 Å². The molecule has 1 saturated heterocycles. The van der Waals surface area contributed by atoms with Crippen LogP contribution in [0.3, 0.4) is 0 Å². The maximum atomic E-state index is 12.0. The second-order valence-corrected chi connectivity index (χ2v) is 7.19. The van der Waals surface area contributed by atoms with Gasteiger partial charge in [-0.1, -0.05) is 11.3 Å². The lowest BCUT2D eigenvalue weighted by molar-refractivity contribution is -0.402. The van der Waals surface area contributed by atoms with Crippen LogP contribution in [0.15, 0.2) is 43.0 Å². The van der Waals surface area contributed by atoms with Gasteiger partial charge in [0, 0.05) is 6.08 Å². The minimum absolute atomic E-state index is 0.146. The molecule has 4 heterocycles. The summed E-state index contributed by atoms with van der Waals surface area (Å²) < 4.78 is 10.0. The van der Waals surface area contributed by atoms with Crippen LogP contribution in [0.1, 0.15) is 5.76 Å². The number of nitrogens with zero attached hydrogens (tertiary/aromatic N) is 5. The van der Waals surface area contributed by atoms with Gasteiger partial charge in [0.1, 0.15) is 15.6 Å². The van der Waals surface area contributed by atoms with Crippen LogP contribution in [0.2, 0.25) is 0 Å². The standard InChI is InChI=1S/C14H6N6O7S2/c21-11-8(5-6-1-3-9(26-6)19(22)23)28-13(15-11)16-14-18-17-12(29-14)7-2-4-10(27-7)20(24)25/h1-5H,(H,15,16,18,21). The molecule has 1 fully saturated rings. The second kappa shape index (κ2) is 7.28. The van der Waals surface area contributed by atoms with E-state index >= 15 is 0 Å². The molecule has 0 spiro atoms. The molecule has 0 saturated carbocycles. The van der Waals surface area contributed by atoms with Crippen LogP contribution in [-0.2, 0) is 4.79 Å². The third kappa shape index (κ3) is 3.90. The molecule has 4 rings (SSSR count). The fourth-order valence-electron chi connectivity index (χ4n) is 2.12. The van der Waals surface area contributed by atoms with Crippen molar-refractivity contribution >= 4 is 57.1 Å². The van der Waals surface area contributed by atoms with Crippen molar-refractivity contribution in [1.29, 1.82) is 0 Å². The average molecular weight is 434 g/mol. The van der Waals surface area contributed by atoms with Crippen molar-refractivity contribution in [2.75, 3.05) is 0 Å². The molecule has 0 unspecified atom stereocenters. The Hall–Kier alpha value is -3.85. The summed E-state index contributed by atoms with van der Waals surface area (Å²) in [7, 11) is 0. The molecule has 1 aliphatic rings. The van der Waals surface area contributed by atoms with Gasteiger partial charge in [-0.15, -0.1) is 10.2 Å². The van der Waals surface area contributed by atoms with Crippen molar-refractivity contribution in [2.24, 2.45) is 4.99 Å². The van der Waals surface area contributed by atoms with Gasteiger partial charge in [0.25, 0.3) is 5.91 Å². The van der Waals surface area contributed by atoms with Crippen molar-refractivity contribution in [2.45, 2.75) is 0 Å². The lowest BCUT2D eigenvalue weighted by Crippen LogP contribution is -2.19. The Bertz CT molecular complexity index is 1210.